The first-order valence-corrected chi connectivity index (χ1v) is 7.64. The lowest BCUT2D eigenvalue weighted by Crippen LogP contribution is -2.13. The number of ether oxygens (including phenoxy) is 1. The van der Waals surface area contributed by atoms with Gasteiger partial charge in [0.25, 0.3) is 5.91 Å². The zero-order valence-corrected chi connectivity index (χ0v) is 13.9. The second kappa shape index (κ2) is 6.58. The molecule has 0 bridgehead atoms. The van der Waals surface area contributed by atoms with Gasteiger partial charge in [-0.05, 0) is 36.2 Å². The summed E-state index contributed by atoms with van der Waals surface area (Å²) in [5, 5.41) is 7.20. The molecule has 0 aliphatic carbocycles. The van der Waals surface area contributed by atoms with Crippen molar-refractivity contribution in [3.05, 3.63) is 65.9 Å². The lowest BCUT2D eigenvalue weighted by atomic mass is 10.1. The van der Waals surface area contributed by atoms with Crippen LogP contribution < -0.4 is 10.1 Å². The quantitative estimate of drug-likeness (QED) is 0.798. The van der Waals surface area contributed by atoms with Crippen molar-refractivity contribution in [1.29, 1.82) is 0 Å². The van der Waals surface area contributed by atoms with Gasteiger partial charge in [0.1, 0.15) is 5.75 Å². The summed E-state index contributed by atoms with van der Waals surface area (Å²) in [5.74, 6) is 0.352. The van der Waals surface area contributed by atoms with Crippen molar-refractivity contribution >= 4 is 11.6 Å². The molecule has 2 aromatic carbocycles. The van der Waals surface area contributed by atoms with Crippen molar-refractivity contribution < 1.29 is 9.53 Å². The normalized spacial score (nSPS) is 10.5. The Hall–Kier alpha value is -3.08. The maximum atomic E-state index is 12.5. The fourth-order valence-corrected chi connectivity index (χ4v) is 2.56. The summed E-state index contributed by atoms with van der Waals surface area (Å²) >= 11 is 0. The Labute approximate surface area is 140 Å². The van der Waals surface area contributed by atoms with Gasteiger partial charge in [0.15, 0.2) is 5.69 Å². The second-order valence-corrected chi connectivity index (χ2v) is 5.56. The summed E-state index contributed by atoms with van der Waals surface area (Å²) in [4.78, 5) is 12.5. The molecule has 1 aromatic heterocycles. The summed E-state index contributed by atoms with van der Waals surface area (Å²) in [5.41, 5.74) is 3.93. The third-order valence-electron chi connectivity index (χ3n) is 3.79. The number of methoxy groups -OCH3 is 1. The molecular weight excluding hydrogens is 302 g/mol. The Morgan fingerprint density at radius 3 is 2.58 bits per heavy atom. The minimum atomic E-state index is -0.267. The van der Waals surface area contributed by atoms with Gasteiger partial charge in [-0.3, -0.25) is 9.48 Å². The molecule has 1 N–H and O–H groups in total. The molecule has 5 heteroatoms. The molecule has 0 spiro atoms. The van der Waals surface area contributed by atoms with E-state index in [4.69, 9.17) is 4.74 Å². The number of benzene rings is 2. The van der Waals surface area contributed by atoms with Crippen molar-refractivity contribution in [2.45, 2.75) is 6.92 Å². The molecule has 1 heterocycles. The predicted molar refractivity (Wildman–Crippen MR) is 94.3 cm³/mol. The Balaban J connectivity index is 1.88. The zero-order chi connectivity index (χ0) is 17.1. The zero-order valence-electron chi connectivity index (χ0n) is 13.9. The molecule has 0 aliphatic heterocycles. The molecule has 24 heavy (non-hydrogen) atoms. The highest BCUT2D eigenvalue weighted by molar-refractivity contribution is 6.04. The summed E-state index contributed by atoms with van der Waals surface area (Å²) in [7, 11) is 3.40. The molecule has 0 atom stereocenters. The van der Waals surface area contributed by atoms with Crippen LogP contribution in [-0.4, -0.2) is 22.8 Å². The van der Waals surface area contributed by atoms with E-state index in [9.17, 15) is 4.79 Å². The van der Waals surface area contributed by atoms with Crippen LogP contribution in [0.25, 0.3) is 11.3 Å². The van der Waals surface area contributed by atoms with E-state index in [1.165, 1.54) is 0 Å². The monoisotopic (exact) mass is 321 g/mol. The van der Waals surface area contributed by atoms with Gasteiger partial charge in [-0.15, -0.1) is 0 Å². The van der Waals surface area contributed by atoms with Crippen molar-refractivity contribution in [3.8, 4) is 17.0 Å². The standard InChI is InChI=1S/C19H19N3O2/c1-13-9-10-18(24-3)15(11-13)20-19(23)16-12-17(22(2)21-16)14-7-5-4-6-8-14/h4-12H,1-3H3,(H,20,23). The third-order valence-corrected chi connectivity index (χ3v) is 3.79. The summed E-state index contributed by atoms with van der Waals surface area (Å²) in [6, 6.07) is 17.3. The van der Waals surface area contributed by atoms with E-state index in [0.29, 0.717) is 17.1 Å². The van der Waals surface area contributed by atoms with Crippen molar-refractivity contribution in [1.82, 2.24) is 9.78 Å². The first-order valence-electron chi connectivity index (χ1n) is 7.64. The number of hydrogen-bond donors (Lipinski definition) is 1. The van der Waals surface area contributed by atoms with Gasteiger partial charge in [-0.2, -0.15) is 5.10 Å². The van der Waals surface area contributed by atoms with Crippen molar-refractivity contribution in [3.63, 3.8) is 0 Å². The van der Waals surface area contributed by atoms with Crippen molar-refractivity contribution in [2.24, 2.45) is 7.05 Å². The molecule has 3 aromatic rings. The van der Waals surface area contributed by atoms with Gasteiger partial charge in [-0.1, -0.05) is 36.4 Å². The van der Waals surface area contributed by atoms with Crippen LogP contribution in [0.2, 0.25) is 0 Å². The molecule has 3 rings (SSSR count). The molecule has 122 valence electrons. The fourth-order valence-electron chi connectivity index (χ4n) is 2.56. The Kier molecular flexibility index (Phi) is 4.33. The Morgan fingerprint density at radius 1 is 1.12 bits per heavy atom. The van der Waals surface area contributed by atoms with Crippen LogP contribution in [0.1, 0.15) is 16.1 Å². The molecule has 0 saturated carbocycles. The molecule has 0 fully saturated rings. The van der Waals surface area contributed by atoms with E-state index < -0.39 is 0 Å². The Morgan fingerprint density at radius 2 is 1.88 bits per heavy atom. The molecule has 0 unspecified atom stereocenters. The summed E-state index contributed by atoms with van der Waals surface area (Å²) in [6.45, 7) is 1.96. The fraction of sp³-hybridized carbons (Fsp3) is 0.158. The number of aromatic nitrogens is 2. The number of nitrogens with one attached hydrogen (secondary N) is 1. The summed E-state index contributed by atoms with van der Waals surface area (Å²) in [6.07, 6.45) is 0. The molecular formula is C19H19N3O2. The van der Waals surface area contributed by atoms with Gasteiger partial charge >= 0.3 is 0 Å². The largest absolute Gasteiger partial charge is 0.495 e. The third kappa shape index (κ3) is 3.15. The van der Waals surface area contributed by atoms with Crippen LogP contribution in [0.15, 0.2) is 54.6 Å². The molecule has 0 radical (unpaired) electrons. The number of carbonyl (C=O) groups excluding carboxylic acids is 1. The van der Waals surface area contributed by atoms with Crippen molar-refractivity contribution in [2.75, 3.05) is 12.4 Å². The van der Waals surface area contributed by atoms with Gasteiger partial charge in [-0.25, -0.2) is 0 Å². The number of nitrogens with zero attached hydrogens (tertiary/aromatic N) is 2. The van der Waals surface area contributed by atoms with Crippen LogP contribution in [0.3, 0.4) is 0 Å². The Bertz CT molecular complexity index is 870. The summed E-state index contributed by atoms with van der Waals surface area (Å²) < 4.78 is 7.00. The average molecular weight is 321 g/mol. The van der Waals surface area contributed by atoms with E-state index in [1.807, 2.05) is 62.5 Å². The lowest BCUT2D eigenvalue weighted by Gasteiger charge is -2.09. The van der Waals surface area contributed by atoms with Gasteiger partial charge in [0, 0.05) is 7.05 Å². The van der Waals surface area contributed by atoms with Crippen LogP contribution in [0.5, 0.6) is 5.75 Å². The molecule has 1 amide bonds. The topological polar surface area (TPSA) is 56.1 Å². The predicted octanol–water partition coefficient (Wildman–Crippen LogP) is 3.66. The van der Waals surface area contributed by atoms with Gasteiger partial charge in [0.05, 0.1) is 18.5 Å². The number of carbonyl (C=O) groups is 1. The van der Waals surface area contributed by atoms with Crippen LogP contribution in [0.4, 0.5) is 5.69 Å². The van der Waals surface area contributed by atoms with Crippen LogP contribution in [-0.2, 0) is 7.05 Å². The van der Waals surface area contributed by atoms with Crippen LogP contribution >= 0.6 is 0 Å². The highest BCUT2D eigenvalue weighted by Crippen LogP contribution is 2.26. The number of rotatable bonds is 4. The number of anilines is 1. The molecule has 0 saturated heterocycles. The van der Waals surface area contributed by atoms with E-state index in [2.05, 4.69) is 10.4 Å². The van der Waals surface area contributed by atoms with Crippen LogP contribution in [0, 0.1) is 6.92 Å². The maximum Gasteiger partial charge on any atom is 0.276 e. The number of hydrogen-bond acceptors (Lipinski definition) is 3. The van der Waals surface area contributed by atoms with E-state index in [0.717, 1.165) is 16.8 Å². The highest BCUT2D eigenvalue weighted by Gasteiger charge is 2.15. The molecule has 0 aliphatic rings. The average Bonchev–Trinajstić information content (AvgIpc) is 2.98. The van der Waals surface area contributed by atoms with E-state index in [1.54, 1.807) is 17.9 Å². The number of aryl methyl sites for hydroxylation is 2. The van der Waals surface area contributed by atoms with E-state index >= 15 is 0 Å². The highest BCUT2D eigenvalue weighted by atomic mass is 16.5. The van der Waals surface area contributed by atoms with E-state index in [-0.39, 0.29) is 5.91 Å². The smallest absolute Gasteiger partial charge is 0.276 e. The first kappa shape index (κ1) is 15.8. The minimum absolute atomic E-state index is 0.267. The molecule has 5 nitrogen and oxygen atoms in total. The lowest BCUT2D eigenvalue weighted by molar-refractivity contribution is 0.102. The SMILES string of the molecule is COc1ccc(C)cc1NC(=O)c1cc(-c2ccccc2)n(C)n1. The van der Waals surface area contributed by atoms with Gasteiger partial charge in [0.2, 0.25) is 0 Å². The minimum Gasteiger partial charge on any atom is -0.495 e. The number of amides is 1. The van der Waals surface area contributed by atoms with Gasteiger partial charge < -0.3 is 10.1 Å². The maximum absolute atomic E-state index is 12.5. The second-order valence-electron chi connectivity index (χ2n) is 5.56. The first-order chi connectivity index (χ1) is 11.6.